The Balaban J connectivity index is 1.24. The summed E-state index contributed by atoms with van der Waals surface area (Å²) >= 11 is 0. The molecule has 8 nitrogen and oxygen atoms in total. The Kier molecular flexibility index (Phi) is 6.66. The summed E-state index contributed by atoms with van der Waals surface area (Å²) in [6, 6.07) is 5.17. The maximum atomic E-state index is 14.3. The Morgan fingerprint density at radius 1 is 1.12 bits per heavy atom. The third-order valence-electron chi connectivity index (χ3n) is 7.92. The number of ether oxygens (including phenoxy) is 3. The molecule has 4 heterocycles. The van der Waals surface area contributed by atoms with E-state index in [9.17, 15) is 14.0 Å². The van der Waals surface area contributed by atoms with Gasteiger partial charge in [-0.3, -0.25) is 4.90 Å². The van der Waals surface area contributed by atoms with E-state index in [1.165, 1.54) is 6.07 Å². The zero-order valence-electron chi connectivity index (χ0n) is 19.8. The molecule has 0 bridgehead atoms. The summed E-state index contributed by atoms with van der Waals surface area (Å²) < 4.78 is 30.4. The molecule has 0 saturated carbocycles. The highest BCUT2D eigenvalue weighted by molar-refractivity contribution is 5.91. The summed E-state index contributed by atoms with van der Waals surface area (Å²) in [5, 5.41) is 0. The van der Waals surface area contributed by atoms with E-state index in [4.69, 9.17) is 14.2 Å². The standard InChI is InChI=1S/C25H34FN3O5/c1-2-33-23(30)28-10-5-19(6-11-28)27-12-8-25(9-13-27)17-29(22-4-3-18(26)15-21(22)25)24(31)34-20-7-14-32-16-20/h3-4,15,19-20H,2,5-14,16-17H2,1H3/t20-/m1/s1. The van der Waals surface area contributed by atoms with Crippen LogP contribution in [0.2, 0.25) is 0 Å². The molecule has 1 aromatic rings. The van der Waals surface area contributed by atoms with Crippen LogP contribution >= 0.6 is 0 Å². The van der Waals surface area contributed by atoms with Crippen molar-refractivity contribution in [1.29, 1.82) is 0 Å². The zero-order valence-corrected chi connectivity index (χ0v) is 19.8. The molecule has 9 heteroatoms. The molecule has 3 fully saturated rings. The minimum atomic E-state index is -0.367. The SMILES string of the molecule is CCOC(=O)N1CCC(N2CCC3(CC2)CN(C(=O)O[C@@H]2CCOC2)c2ccc(F)cc23)CC1. The fourth-order valence-electron chi connectivity index (χ4n) is 5.99. The number of benzene rings is 1. The van der Waals surface area contributed by atoms with Crippen LogP contribution < -0.4 is 4.90 Å². The molecule has 1 aromatic carbocycles. The normalized spacial score (nSPS) is 24.9. The van der Waals surface area contributed by atoms with Crippen LogP contribution in [0, 0.1) is 5.82 Å². The molecular formula is C25H34FN3O5. The maximum Gasteiger partial charge on any atom is 0.414 e. The summed E-state index contributed by atoms with van der Waals surface area (Å²) in [4.78, 5) is 31.0. The largest absolute Gasteiger partial charge is 0.450 e. The predicted octanol–water partition coefficient (Wildman–Crippen LogP) is 3.53. The van der Waals surface area contributed by atoms with Crippen molar-refractivity contribution in [3.8, 4) is 0 Å². The molecule has 34 heavy (non-hydrogen) atoms. The number of likely N-dealkylation sites (tertiary alicyclic amines) is 2. The number of rotatable bonds is 3. The van der Waals surface area contributed by atoms with Gasteiger partial charge in [0.1, 0.15) is 11.9 Å². The number of hydrogen-bond acceptors (Lipinski definition) is 6. The van der Waals surface area contributed by atoms with Gasteiger partial charge in [-0.25, -0.2) is 14.0 Å². The van der Waals surface area contributed by atoms with Gasteiger partial charge in [0.25, 0.3) is 0 Å². The molecule has 186 valence electrons. The fourth-order valence-corrected chi connectivity index (χ4v) is 5.99. The number of halogens is 1. The molecule has 4 aliphatic heterocycles. The van der Waals surface area contributed by atoms with Crippen LogP contribution in [0.15, 0.2) is 18.2 Å². The van der Waals surface area contributed by atoms with E-state index in [0.29, 0.717) is 51.9 Å². The summed E-state index contributed by atoms with van der Waals surface area (Å²) in [7, 11) is 0. The monoisotopic (exact) mass is 475 g/mol. The minimum absolute atomic E-state index is 0.213. The lowest BCUT2D eigenvalue weighted by Crippen LogP contribution is -2.52. The average molecular weight is 476 g/mol. The lowest BCUT2D eigenvalue weighted by Gasteiger charge is -2.45. The van der Waals surface area contributed by atoms with Gasteiger partial charge in [-0.15, -0.1) is 0 Å². The van der Waals surface area contributed by atoms with Crippen molar-refractivity contribution in [3.63, 3.8) is 0 Å². The van der Waals surface area contributed by atoms with Crippen molar-refractivity contribution >= 4 is 17.9 Å². The van der Waals surface area contributed by atoms with E-state index < -0.39 is 0 Å². The molecule has 5 rings (SSSR count). The first-order valence-corrected chi connectivity index (χ1v) is 12.5. The second kappa shape index (κ2) is 9.70. The van der Waals surface area contributed by atoms with E-state index in [1.54, 1.807) is 21.9 Å². The van der Waals surface area contributed by atoms with E-state index in [-0.39, 0.29) is 29.5 Å². The van der Waals surface area contributed by atoms with Gasteiger partial charge in [-0.05, 0) is 69.5 Å². The van der Waals surface area contributed by atoms with Crippen LogP contribution in [-0.2, 0) is 19.6 Å². The summed E-state index contributed by atoms with van der Waals surface area (Å²) in [5.41, 5.74) is 1.43. The first-order chi connectivity index (χ1) is 16.5. The Labute approximate surface area is 199 Å². The Hall–Kier alpha value is -2.39. The van der Waals surface area contributed by atoms with Gasteiger partial charge in [0, 0.05) is 37.5 Å². The Morgan fingerprint density at radius 3 is 2.56 bits per heavy atom. The van der Waals surface area contributed by atoms with E-state index in [0.717, 1.165) is 50.0 Å². The third kappa shape index (κ3) is 4.47. The first kappa shape index (κ1) is 23.4. The number of nitrogens with zero attached hydrogens (tertiary/aromatic N) is 3. The second-order valence-corrected chi connectivity index (χ2v) is 9.85. The van der Waals surface area contributed by atoms with E-state index in [2.05, 4.69) is 4.90 Å². The number of anilines is 1. The van der Waals surface area contributed by atoms with Crippen molar-refractivity contribution in [2.45, 2.75) is 56.6 Å². The lowest BCUT2D eigenvalue weighted by molar-refractivity contribution is 0.0571. The Morgan fingerprint density at radius 2 is 1.88 bits per heavy atom. The minimum Gasteiger partial charge on any atom is -0.450 e. The zero-order chi connectivity index (χ0) is 23.7. The van der Waals surface area contributed by atoms with Crippen LogP contribution in [-0.4, -0.2) is 86.7 Å². The predicted molar refractivity (Wildman–Crippen MR) is 124 cm³/mol. The molecule has 0 aromatic heterocycles. The molecule has 3 saturated heterocycles. The summed E-state index contributed by atoms with van der Waals surface area (Å²) in [5.74, 6) is -0.272. The fraction of sp³-hybridized carbons (Fsp3) is 0.680. The number of amides is 2. The number of piperidine rings is 2. The van der Waals surface area contributed by atoms with Crippen LogP contribution in [0.3, 0.4) is 0 Å². The number of hydrogen-bond donors (Lipinski definition) is 0. The van der Waals surface area contributed by atoms with E-state index >= 15 is 0 Å². The third-order valence-corrected chi connectivity index (χ3v) is 7.92. The number of carbonyl (C=O) groups is 2. The van der Waals surface area contributed by atoms with Crippen molar-refractivity contribution in [1.82, 2.24) is 9.80 Å². The summed E-state index contributed by atoms with van der Waals surface area (Å²) in [6.07, 6.45) is 3.49. The first-order valence-electron chi connectivity index (χ1n) is 12.5. The van der Waals surface area contributed by atoms with Crippen molar-refractivity contribution in [2.24, 2.45) is 0 Å². The highest BCUT2D eigenvalue weighted by atomic mass is 19.1. The number of fused-ring (bicyclic) bond motifs is 2. The second-order valence-electron chi connectivity index (χ2n) is 9.85. The Bertz CT molecular complexity index is 906. The summed E-state index contributed by atoms with van der Waals surface area (Å²) in [6.45, 7) is 6.99. The molecule has 0 aliphatic carbocycles. The quantitative estimate of drug-likeness (QED) is 0.666. The van der Waals surface area contributed by atoms with Gasteiger partial charge in [0.15, 0.2) is 0 Å². The van der Waals surface area contributed by atoms with Crippen LogP contribution in [0.5, 0.6) is 0 Å². The molecule has 0 unspecified atom stereocenters. The van der Waals surface area contributed by atoms with Gasteiger partial charge >= 0.3 is 12.2 Å². The highest BCUT2D eigenvalue weighted by Gasteiger charge is 2.48. The van der Waals surface area contributed by atoms with Gasteiger partial charge < -0.3 is 24.0 Å². The number of carbonyl (C=O) groups excluding carboxylic acids is 2. The van der Waals surface area contributed by atoms with Gasteiger partial charge in [-0.2, -0.15) is 0 Å². The smallest absolute Gasteiger partial charge is 0.414 e. The van der Waals surface area contributed by atoms with Crippen LogP contribution in [0.25, 0.3) is 0 Å². The maximum absolute atomic E-state index is 14.3. The van der Waals surface area contributed by atoms with Gasteiger partial charge in [-0.1, -0.05) is 0 Å². The molecule has 4 aliphatic rings. The molecular weight excluding hydrogens is 441 g/mol. The highest BCUT2D eigenvalue weighted by Crippen LogP contribution is 2.48. The van der Waals surface area contributed by atoms with Crippen molar-refractivity contribution in [3.05, 3.63) is 29.6 Å². The van der Waals surface area contributed by atoms with Gasteiger partial charge in [0.05, 0.1) is 25.5 Å². The molecule has 0 radical (unpaired) electrons. The lowest BCUT2D eigenvalue weighted by atomic mass is 9.74. The topological polar surface area (TPSA) is 71.6 Å². The molecule has 0 N–H and O–H groups in total. The van der Waals surface area contributed by atoms with Gasteiger partial charge in [0.2, 0.25) is 0 Å². The van der Waals surface area contributed by atoms with Crippen LogP contribution in [0.4, 0.5) is 19.7 Å². The molecule has 1 spiro atoms. The molecule has 1 atom stereocenters. The van der Waals surface area contributed by atoms with E-state index in [1.807, 2.05) is 6.92 Å². The average Bonchev–Trinajstić information content (AvgIpc) is 3.46. The molecule has 2 amide bonds. The van der Waals surface area contributed by atoms with Crippen molar-refractivity contribution in [2.75, 3.05) is 57.4 Å². The van der Waals surface area contributed by atoms with Crippen molar-refractivity contribution < 1.29 is 28.2 Å². The van der Waals surface area contributed by atoms with Crippen LogP contribution in [0.1, 0.15) is 44.6 Å².